The van der Waals surface area contributed by atoms with Crippen molar-refractivity contribution in [2.75, 3.05) is 11.9 Å². The van der Waals surface area contributed by atoms with Gasteiger partial charge in [0.05, 0.1) is 12.8 Å². The Morgan fingerprint density at radius 3 is 2.79 bits per heavy atom. The molecule has 1 aliphatic carbocycles. The Morgan fingerprint density at radius 2 is 2.05 bits per heavy atom. The SMILES string of the molecule is CN(Cc1cc(CNC2CC2)co1)c1ccccc1. The molecule has 3 heteroatoms. The minimum absolute atomic E-state index is 0.741. The van der Waals surface area contributed by atoms with E-state index in [1.54, 1.807) is 0 Å². The van der Waals surface area contributed by atoms with Crippen LogP contribution in [0.1, 0.15) is 24.2 Å². The summed E-state index contributed by atoms with van der Waals surface area (Å²) in [5.41, 5.74) is 2.44. The van der Waals surface area contributed by atoms with Crippen molar-refractivity contribution in [3.63, 3.8) is 0 Å². The van der Waals surface area contributed by atoms with Crippen LogP contribution in [0.15, 0.2) is 47.1 Å². The van der Waals surface area contributed by atoms with Crippen LogP contribution in [0.4, 0.5) is 5.69 Å². The van der Waals surface area contributed by atoms with Gasteiger partial charge in [0.2, 0.25) is 0 Å². The van der Waals surface area contributed by atoms with E-state index in [0.29, 0.717) is 0 Å². The van der Waals surface area contributed by atoms with Crippen LogP contribution in [0.2, 0.25) is 0 Å². The highest BCUT2D eigenvalue weighted by molar-refractivity contribution is 5.45. The summed E-state index contributed by atoms with van der Waals surface area (Å²) in [7, 11) is 2.08. The molecule has 100 valence electrons. The fraction of sp³-hybridized carbons (Fsp3) is 0.375. The smallest absolute Gasteiger partial charge is 0.123 e. The van der Waals surface area contributed by atoms with Crippen molar-refractivity contribution < 1.29 is 4.42 Å². The van der Waals surface area contributed by atoms with Crippen LogP contribution in [0.3, 0.4) is 0 Å². The monoisotopic (exact) mass is 256 g/mol. The summed E-state index contributed by atoms with van der Waals surface area (Å²) in [6.07, 6.45) is 4.51. The normalized spacial score (nSPS) is 14.6. The van der Waals surface area contributed by atoms with E-state index in [2.05, 4.69) is 47.6 Å². The Kier molecular flexibility index (Phi) is 3.56. The van der Waals surface area contributed by atoms with E-state index in [-0.39, 0.29) is 0 Å². The minimum atomic E-state index is 0.741. The van der Waals surface area contributed by atoms with Crippen LogP contribution >= 0.6 is 0 Å². The number of benzene rings is 1. The zero-order valence-electron chi connectivity index (χ0n) is 11.3. The molecule has 0 unspecified atom stereocenters. The van der Waals surface area contributed by atoms with E-state index in [1.807, 2.05) is 12.3 Å². The van der Waals surface area contributed by atoms with Crippen molar-refractivity contribution in [1.82, 2.24) is 5.32 Å². The van der Waals surface area contributed by atoms with Crippen LogP contribution < -0.4 is 10.2 Å². The molecule has 0 amide bonds. The molecule has 0 atom stereocenters. The molecule has 0 saturated heterocycles. The summed E-state index contributed by atoms with van der Waals surface area (Å²) < 4.78 is 5.63. The maximum atomic E-state index is 5.63. The van der Waals surface area contributed by atoms with Crippen LogP contribution in [0.5, 0.6) is 0 Å². The molecule has 1 fully saturated rings. The van der Waals surface area contributed by atoms with Gasteiger partial charge < -0.3 is 14.6 Å². The molecule has 1 aliphatic rings. The van der Waals surface area contributed by atoms with Gasteiger partial charge in [-0.25, -0.2) is 0 Å². The number of nitrogens with one attached hydrogen (secondary N) is 1. The third-order valence-electron chi connectivity index (χ3n) is 3.47. The first-order chi connectivity index (χ1) is 9.31. The highest BCUT2D eigenvalue weighted by Crippen LogP contribution is 2.20. The molecular weight excluding hydrogens is 236 g/mol. The number of anilines is 1. The van der Waals surface area contributed by atoms with E-state index >= 15 is 0 Å². The van der Waals surface area contributed by atoms with E-state index in [1.165, 1.54) is 24.1 Å². The zero-order valence-corrected chi connectivity index (χ0v) is 11.3. The van der Waals surface area contributed by atoms with E-state index in [4.69, 9.17) is 4.42 Å². The fourth-order valence-electron chi connectivity index (χ4n) is 2.16. The topological polar surface area (TPSA) is 28.4 Å². The average molecular weight is 256 g/mol. The van der Waals surface area contributed by atoms with Gasteiger partial charge in [0, 0.05) is 30.9 Å². The molecule has 0 aliphatic heterocycles. The molecule has 0 bridgehead atoms. The van der Waals surface area contributed by atoms with Gasteiger partial charge in [-0.1, -0.05) is 18.2 Å². The number of furan rings is 1. The van der Waals surface area contributed by atoms with Crippen LogP contribution in [-0.4, -0.2) is 13.1 Å². The molecule has 0 spiro atoms. The largest absolute Gasteiger partial charge is 0.467 e. The predicted octanol–water partition coefficient (Wildman–Crippen LogP) is 3.17. The van der Waals surface area contributed by atoms with Crippen molar-refractivity contribution in [2.45, 2.75) is 32.0 Å². The van der Waals surface area contributed by atoms with E-state index in [9.17, 15) is 0 Å². The minimum Gasteiger partial charge on any atom is -0.467 e. The van der Waals surface area contributed by atoms with Crippen molar-refractivity contribution in [1.29, 1.82) is 0 Å². The van der Waals surface area contributed by atoms with Crippen molar-refractivity contribution >= 4 is 5.69 Å². The summed E-state index contributed by atoms with van der Waals surface area (Å²) in [5, 5.41) is 3.50. The summed E-state index contributed by atoms with van der Waals surface area (Å²) in [6, 6.07) is 13.3. The highest BCUT2D eigenvalue weighted by atomic mass is 16.3. The molecule has 2 aromatic rings. The Bertz CT molecular complexity index is 517. The zero-order chi connectivity index (χ0) is 13.1. The van der Waals surface area contributed by atoms with Gasteiger partial charge in [0.1, 0.15) is 5.76 Å². The molecule has 1 N–H and O–H groups in total. The van der Waals surface area contributed by atoms with Gasteiger partial charge in [-0.05, 0) is 31.0 Å². The Balaban J connectivity index is 1.56. The average Bonchev–Trinajstić information content (AvgIpc) is 3.17. The lowest BCUT2D eigenvalue weighted by atomic mass is 10.2. The molecule has 19 heavy (non-hydrogen) atoms. The highest BCUT2D eigenvalue weighted by Gasteiger charge is 2.20. The lowest BCUT2D eigenvalue weighted by Gasteiger charge is -2.17. The number of rotatable bonds is 6. The molecule has 0 radical (unpaired) electrons. The lowest BCUT2D eigenvalue weighted by Crippen LogP contribution is -2.16. The Hall–Kier alpha value is -1.74. The summed E-state index contributed by atoms with van der Waals surface area (Å²) >= 11 is 0. The Morgan fingerprint density at radius 1 is 1.26 bits per heavy atom. The Labute approximate surface area is 114 Å². The first-order valence-corrected chi connectivity index (χ1v) is 6.87. The number of nitrogens with zero attached hydrogens (tertiary/aromatic N) is 1. The first-order valence-electron chi connectivity index (χ1n) is 6.87. The van der Waals surface area contributed by atoms with Gasteiger partial charge in [-0.2, -0.15) is 0 Å². The van der Waals surface area contributed by atoms with E-state index < -0.39 is 0 Å². The molecule has 3 nitrogen and oxygen atoms in total. The number of para-hydroxylation sites is 1. The van der Waals surface area contributed by atoms with Gasteiger partial charge in [-0.3, -0.25) is 0 Å². The van der Waals surface area contributed by atoms with Gasteiger partial charge >= 0.3 is 0 Å². The second kappa shape index (κ2) is 5.49. The second-order valence-electron chi connectivity index (χ2n) is 5.27. The van der Waals surface area contributed by atoms with Crippen LogP contribution in [0.25, 0.3) is 0 Å². The molecular formula is C16H20N2O. The molecule has 1 saturated carbocycles. The maximum absolute atomic E-state index is 5.63. The lowest BCUT2D eigenvalue weighted by molar-refractivity contribution is 0.504. The summed E-state index contributed by atoms with van der Waals surface area (Å²) in [5.74, 6) is 1.01. The second-order valence-corrected chi connectivity index (χ2v) is 5.27. The van der Waals surface area contributed by atoms with Crippen LogP contribution in [0, 0.1) is 0 Å². The fourth-order valence-corrected chi connectivity index (χ4v) is 2.16. The molecule has 1 heterocycles. The van der Waals surface area contributed by atoms with Gasteiger partial charge in [0.15, 0.2) is 0 Å². The first kappa shape index (κ1) is 12.3. The van der Waals surface area contributed by atoms with Crippen molar-refractivity contribution in [2.24, 2.45) is 0 Å². The summed E-state index contributed by atoms with van der Waals surface area (Å²) in [4.78, 5) is 2.19. The van der Waals surface area contributed by atoms with Crippen molar-refractivity contribution in [3.8, 4) is 0 Å². The third kappa shape index (κ3) is 3.38. The predicted molar refractivity (Wildman–Crippen MR) is 77.1 cm³/mol. The number of hydrogen-bond acceptors (Lipinski definition) is 3. The maximum Gasteiger partial charge on any atom is 0.123 e. The van der Waals surface area contributed by atoms with Crippen molar-refractivity contribution in [3.05, 3.63) is 54.0 Å². The van der Waals surface area contributed by atoms with Crippen LogP contribution in [-0.2, 0) is 13.1 Å². The summed E-state index contributed by atoms with van der Waals surface area (Å²) in [6.45, 7) is 1.72. The van der Waals surface area contributed by atoms with Gasteiger partial charge in [-0.15, -0.1) is 0 Å². The molecule has 1 aromatic carbocycles. The van der Waals surface area contributed by atoms with Gasteiger partial charge in [0.25, 0.3) is 0 Å². The molecule has 1 aromatic heterocycles. The third-order valence-corrected chi connectivity index (χ3v) is 3.47. The quantitative estimate of drug-likeness (QED) is 0.860. The van der Waals surface area contributed by atoms with E-state index in [0.717, 1.165) is 24.9 Å². The number of hydrogen-bond donors (Lipinski definition) is 1. The molecule has 3 rings (SSSR count). The standard InChI is InChI=1S/C16H20N2O/c1-18(15-5-3-2-4-6-15)11-16-9-13(12-19-16)10-17-14-7-8-14/h2-6,9,12,14,17H,7-8,10-11H2,1H3.